The van der Waals surface area contributed by atoms with Crippen LogP contribution >= 0.6 is 11.8 Å². The van der Waals surface area contributed by atoms with Crippen molar-refractivity contribution in [3.8, 4) is 5.75 Å². The largest absolute Gasteiger partial charge is 0.573 e. The maximum Gasteiger partial charge on any atom is 0.573 e. The second-order valence-corrected chi connectivity index (χ2v) is 7.55. The van der Waals surface area contributed by atoms with Crippen LogP contribution in [-0.4, -0.2) is 22.0 Å². The predicted molar refractivity (Wildman–Crippen MR) is 75.2 cm³/mol. The summed E-state index contributed by atoms with van der Waals surface area (Å²) in [6.07, 6.45) is -1.14. The van der Waals surface area contributed by atoms with Gasteiger partial charge in [0, 0.05) is 16.1 Å². The summed E-state index contributed by atoms with van der Waals surface area (Å²) in [5, 5.41) is 11.3. The molecule has 1 N–H and O–H groups in total. The first kappa shape index (κ1) is 15.9. The summed E-state index contributed by atoms with van der Waals surface area (Å²) in [5.74, 6) is -1.19. The Bertz CT molecular complexity index is 549. The summed E-state index contributed by atoms with van der Waals surface area (Å²) in [6.45, 7) is 0. The molecule has 2 bridgehead atoms. The number of rotatable bonds is 2. The van der Waals surface area contributed by atoms with E-state index in [9.17, 15) is 22.7 Å². The number of benzene rings is 1. The highest BCUT2D eigenvalue weighted by Gasteiger charge is 2.44. The van der Waals surface area contributed by atoms with Gasteiger partial charge in [-0.05, 0) is 43.9 Å². The first-order valence-electron chi connectivity index (χ1n) is 7.19. The van der Waals surface area contributed by atoms with Crippen LogP contribution < -0.4 is 4.74 Å². The fourth-order valence-electron chi connectivity index (χ4n) is 3.40. The Balaban J connectivity index is 1.91. The number of halogens is 4. The highest BCUT2D eigenvalue weighted by Crippen LogP contribution is 2.50. The van der Waals surface area contributed by atoms with Crippen molar-refractivity contribution < 1.29 is 27.4 Å². The van der Waals surface area contributed by atoms with Crippen LogP contribution in [0.2, 0.25) is 0 Å². The van der Waals surface area contributed by atoms with Crippen molar-refractivity contribution in [3.05, 3.63) is 29.6 Å². The van der Waals surface area contributed by atoms with Crippen molar-refractivity contribution in [1.82, 2.24) is 0 Å². The Hall–Kier alpha value is -0.950. The fourth-order valence-corrected chi connectivity index (χ4v) is 5.29. The van der Waals surface area contributed by atoms with Gasteiger partial charge >= 0.3 is 6.36 Å². The van der Waals surface area contributed by atoms with Crippen LogP contribution in [0.1, 0.15) is 37.7 Å². The first-order valence-corrected chi connectivity index (χ1v) is 8.13. The van der Waals surface area contributed by atoms with E-state index in [1.165, 1.54) is 0 Å². The summed E-state index contributed by atoms with van der Waals surface area (Å²) in [5.41, 5.74) is -1.51. The molecule has 122 valence electrons. The number of thioether (sulfide) groups is 1. The van der Waals surface area contributed by atoms with Gasteiger partial charge in [0.15, 0.2) is 0 Å². The van der Waals surface area contributed by atoms with Gasteiger partial charge in [0.05, 0.1) is 5.60 Å². The average Bonchev–Trinajstić information content (AvgIpc) is 2.38. The van der Waals surface area contributed by atoms with Crippen LogP contribution in [0.15, 0.2) is 18.2 Å². The zero-order valence-corrected chi connectivity index (χ0v) is 12.5. The molecular weight excluding hydrogens is 320 g/mol. The smallest absolute Gasteiger partial charge is 0.406 e. The first-order chi connectivity index (χ1) is 10.3. The van der Waals surface area contributed by atoms with E-state index in [0.717, 1.165) is 37.5 Å². The SMILES string of the molecule is OC1(c2cc(OC(F)(F)F)ccc2F)CC2CCCC(C1)S2. The Morgan fingerprint density at radius 2 is 1.82 bits per heavy atom. The molecule has 22 heavy (non-hydrogen) atoms. The van der Waals surface area contributed by atoms with E-state index in [-0.39, 0.29) is 16.1 Å². The van der Waals surface area contributed by atoms with Crippen LogP contribution in [0.25, 0.3) is 0 Å². The van der Waals surface area contributed by atoms with E-state index in [2.05, 4.69) is 4.74 Å². The van der Waals surface area contributed by atoms with E-state index in [4.69, 9.17) is 0 Å². The number of hydrogen-bond donors (Lipinski definition) is 1. The van der Waals surface area contributed by atoms with Crippen LogP contribution in [0.3, 0.4) is 0 Å². The third-order valence-electron chi connectivity index (χ3n) is 4.24. The van der Waals surface area contributed by atoms with Gasteiger partial charge in [0.1, 0.15) is 11.6 Å². The van der Waals surface area contributed by atoms with E-state index < -0.39 is 23.5 Å². The Kier molecular flexibility index (Phi) is 4.05. The van der Waals surface area contributed by atoms with E-state index in [1.807, 2.05) is 0 Å². The molecule has 1 aromatic rings. The molecule has 0 radical (unpaired) electrons. The minimum absolute atomic E-state index is 0.0912. The number of aliphatic hydroxyl groups is 1. The van der Waals surface area contributed by atoms with Crippen LogP contribution in [0.5, 0.6) is 5.75 Å². The molecule has 0 aliphatic carbocycles. The molecule has 0 aromatic heterocycles. The van der Waals surface area contributed by atoms with Crippen molar-refractivity contribution in [3.63, 3.8) is 0 Å². The maximum atomic E-state index is 14.1. The monoisotopic (exact) mass is 336 g/mol. The standard InChI is InChI=1S/C15H16F4O2S/c16-13-5-4-9(21-15(17,18)19)6-12(13)14(20)7-10-2-1-3-11(8-14)22-10/h4-6,10-11,20H,1-3,7-8H2. The second-order valence-electron chi connectivity index (χ2n) is 5.94. The molecule has 0 amide bonds. The lowest BCUT2D eigenvalue weighted by molar-refractivity contribution is -0.274. The Morgan fingerprint density at radius 1 is 1.18 bits per heavy atom. The van der Waals surface area contributed by atoms with Gasteiger partial charge in [-0.15, -0.1) is 13.2 Å². The van der Waals surface area contributed by atoms with Gasteiger partial charge in [-0.3, -0.25) is 0 Å². The average molecular weight is 336 g/mol. The van der Waals surface area contributed by atoms with Crippen molar-refractivity contribution in [2.24, 2.45) is 0 Å². The third-order valence-corrected chi connectivity index (χ3v) is 5.82. The van der Waals surface area contributed by atoms with Crippen molar-refractivity contribution in [2.75, 3.05) is 0 Å². The van der Waals surface area contributed by atoms with Crippen LogP contribution in [0.4, 0.5) is 17.6 Å². The van der Waals surface area contributed by atoms with Crippen LogP contribution in [-0.2, 0) is 5.60 Å². The summed E-state index contributed by atoms with van der Waals surface area (Å²) in [7, 11) is 0. The fraction of sp³-hybridized carbons (Fsp3) is 0.600. The van der Waals surface area contributed by atoms with Gasteiger partial charge in [-0.1, -0.05) is 6.42 Å². The van der Waals surface area contributed by atoms with Gasteiger partial charge in [-0.2, -0.15) is 11.8 Å². The van der Waals surface area contributed by atoms with Gasteiger partial charge in [-0.25, -0.2) is 4.39 Å². The summed E-state index contributed by atoms with van der Waals surface area (Å²) >= 11 is 1.80. The van der Waals surface area contributed by atoms with Crippen molar-refractivity contribution >= 4 is 11.8 Å². The minimum Gasteiger partial charge on any atom is -0.406 e. The highest BCUT2D eigenvalue weighted by atomic mass is 32.2. The van der Waals surface area contributed by atoms with Crippen LogP contribution in [0, 0.1) is 5.82 Å². The predicted octanol–water partition coefficient (Wildman–Crippen LogP) is 4.36. The zero-order valence-electron chi connectivity index (χ0n) is 11.7. The molecule has 0 spiro atoms. The van der Waals surface area contributed by atoms with Crippen molar-refractivity contribution in [2.45, 2.75) is 54.6 Å². The van der Waals surface area contributed by atoms with Gasteiger partial charge in [0.2, 0.25) is 0 Å². The number of hydrogen-bond acceptors (Lipinski definition) is 3. The summed E-state index contributed by atoms with van der Waals surface area (Å²) in [4.78, 5) is 0. The zero-order chi connectivity index (χ0) is 16.0. The molecule has 2 heterocycles. The molecule has 2 atom stereocenters. The minimum atomic E-state index is -4.84. The topological polar surface area (TPSA) is 29.5 Å². The number of fused-ring (bicyclic) bond motifs is 2. The lowest BCUT2D eigenvalue weighted by Gasteiger charge is -2.44. The molecule has 2 nitrogen and oxygen atoms in total. The Labute approximate surface area is 129 Å². The lowest BCUT2D eigenvalue weighted by atomic mass is 9.80. The number of ether oxygens (including phenoxy) is 1. The Morgan fingerprint density at radius 3 is 2.41 bits per heavy atom. The van der Waals surface area contributed by atoms with Gasteiger partial charge < -0.3 is 9.84 Å². The van der Waals surface area contributed by atoms with Crippen molar-refractivity contribution in [1.29, 1.82) is 0 Å². The summed E-state index contributed by atoms with van der Waals surface area (Å²) < 4.78 is 54.9. The molecule has 2 unspecified atom stereocenters. The number of alkyl halides is 3. The highest BCUT2D eigenvalue weighted by molar-refractivity contribution is 8.00. The second kappa shape index (κ2) is 5.60. The molecular formula is C15H16F4O2S. The molecule has 2 aliphatic rings. The molecule has 3 rings (SSSR count). The lowest BCUT2D eigenvalue weighted by Crippen LogP contribution is -2.41. The molecule has 2 aliphatic heterocycles. The normalized spacial score (nSPS) is 31.9. The quantitative estimate of drug-likeness (QED) is 0.814. The van der Waals surface area contributed by atoms with E-state index >= 15 is 0 Å². The molecule has 0 saturated carbocycles. The third kappa shape index (κ3) is 3.35. The maximum absolute atomic E-state index is 14.1. The molecule has 2 saturated heterocycles. The molecule has 7 heteroatoms. The molecule has 2 fully saturated rings. The van der Waals surface area contributed by atoms with Gasteiger partial charge in [0.25, 0.3) is 0 Å². The van der Waals surface area contributed by atoms with E-state index in [0.29, 0.717) is 12.8 Å². The summed E-state index contributed by atoms with van der Waals surface area (Å²) in [6, 6.07) is 2.83. The van der Waals surface area contributed by atoms with E-state index in [1.54, 1.807) is 11.8 Å². The molecule has 1 aromatic carbocycles.